The maximum Gasteiger partial charge on any atom is 0.342 e. The van der Waals surface area contributed by atoms with Crippen molar-refractivity contribution in [2.24, 2.45) is 5.41 Å². The number of nitrogens with one attached hydrogen (secondary N) is 2. The van der Waals surface area contributed by atoms with E-state index in [0.717, 1.165) is 49.0 Å². The van der Waals surface area contributed by atoms with E-state index >= 15 is 0 Å². The Morgan fingerprint density at radius 2 is 1.70 bits per heavy atom. The Morgan fingerprint density at radius 3 is 2.40 bits per heavy atom. The van der Waals surface area contributed by atoms with E-state index in [4.69, 9.17) is 23.9 Å². The Morgan fingerprint density at radius 1 is 0.982 bits per heavy atom. The lowest BCUT2D eigenvalue weighted by molar-refractivity contribution is -0.122. The summed E-state index contributed by atoms with van der Waals surface area (Å²) < 4.78 is 22.7. The molecule has 12 heteroatoms. The van der Waals surface area contributed by atoms with Gasteiger partial charge in [-0.2, -0.15) is 0 Å². The number of imidazole rings is 1. The smallest absolute Gasteiger partial charge is 0.342 e. The van der Waals surface area contributed by atoms with Crippen molar-refractivity contribution in [3.8, 4) is 28.7 Å². The highest BCUT2D eigenvalue weighted by Crippen LogP contribution is 2.48. The second-order valence-electron chi connectivity index (χ2n) is 15.5. The van der Waals surface area contributed by atoms with Crippen LogP contribution in [0.4, 0.5) is 0 Å². The first-order valence-corrected chi connectivity index (χ1v) is 20.0. The van der Waals surface area contributed by atoms with Gasteiger partial charge in [0.2, 0.25) is 11.7 Å². The van der Waals surface area contributed by atoms with E-state index in [1.54, 1.807) is 25.1 Å². The van der Waals surface area contributed by atoms with Crippen molar-refractivity contribution < 1.29 is 43.5 Å². The van der Waals surface area contributed by atoms with Gasteiger partial charge in [-0.15, -0.1) is 0 Å². The van der Waals surface area contributed by atoms with Gasteiger partial charge >= 0.3 is 5.97 Å². The van der Waals surface area contributed by atoms with Crippen LogP contribution in [0.25, 0.3) is 17.1 Å². The number of amides is 1. The average molecular weight is 782 g/mol. The van der Waals surface area contributed by atoms with Crippen LogP contribution in [0.2, 0.25) is 0 Å². The number of allylic oxidation sites excluding steroid dienone is 1. The molecule has 2 aliphatic rings. The third kappa shape index (κ3) is 9.72. The number of Topliss-reactive ketones (excluding diaryl/α,β-unsaturated/α-hetero) is 1. The highest BCUT2D eigenvalue weighted by Gasteiger charge is 2.36. The number of aromatic nitrogens is 2. The first kappa shape index (κ1) is 41.1. The topological polar surface area (TPSA) is 169 Å². The summed E-state index contributed by atoms with van der Waals surface area (Å²) >= 11 is 0. The minimum Gasteiger partial charge on any atom is -0.507 e. The first-order chi connectivity index (χ1) is 27.5. The number of rotatable bonds is 11. The number of carbonyl (C=O) groups is 3. The SMILES string of the molecule is COc1cc(C(CC(=O)NCC2(Cc3nc4ccccc4[nH]3)CCCCC2)c2c(O)cc3c(c2O)C(=O)O[C@@H](C)CCCC(=O)CCCC=C3)cc(OC)c1OC. The molecule has 6 rings (SSSR count). The third-order valence-electron chi connectivity index (χ3n) is 11.4. The molecule has 1 unspecified atom stereocenters. The number of hydrogen-bond donors (Lipinski definition) is 4. The van der Waals surface area contributed by atoms with Crippen LogP contribution in [0.15, 0.2) is 48.5 Å². The van der Waals surface area contributed by atoms with Gasteiger partial charge in [0.05, 0.1) is 38.5 Å². The molecule has 1 fully saturated rings. The fraction of sp³-hybridized carbons (Fsp3) is 0.467. The molecular weight excluding hydrogens is 727 g/mol. The number of ketones is 1. The standard InChI is InChI=1S/C45H55N3O9/c1-28-14-13-17-31(49)16-8-5-7-15-29-22-35(50)41(42(52)40(29)44(53)57-28)32(30-23-36(54-2)43(56-4)37(24-30)55-3)25-39(51)46-27-45(20-11-6-12-21-45)26-38-47-33-18-9-10-19-34(33)48-38/h7,9-10,15,18-19,22-24,28,32,50,52H,5-6,8,11-14,16-17,20-21,25-27H2,1-4H3,(H,46,51)(H,47,48)/t28-,32?/m0/s1. The van der Waals surface area contributed by atoms with E-state index in [1.807, 2.05) is 30.3 Å². The van der Waals surface area contributed by atoms with Crippen molar-refractivity contribution in [1.29, 1.82) is 0 Å². The molecule has 2 atom stereocenters. The highest BCUT2D eigenvalue weighted by molar-refractivity contribution is 5.98. The Labute approximate surface area is 334 Å². The van der Waals surface area contributed by atoms with Gasteiger partial charge in [-0.1, -0.05) is 43.5 Å². The molecule has 4 N–H and O–H groups in total. The second-order valence-corrected chi connectivity index (χ2v) is 15.5. The normalized spacial score (nSPS) is 18.2. The van der Waals surface area contributed by atoms with Crippen LogP contribution >= 0.6 is 0 Å². The van der Waals surface area contributed by atoms with E-state index < -0.39 is 23.7 Å². The quantitative estimate of drug-likeness (QED) is 0.109. The third-order valence-corrected chi connectivity index (χ3v) is 11.4. The number of aromatic amines is 1. The van der Waals surface area contributed by atoms with Crippen LogP contribution in [0.5, 0.6) is 28.7 Å². The highest BCUT2D eigenvalue weighted by atomic mass is 16.5. The van der Waals surface area contributed by atoms with E-state index in [2.05, 4.69) is 10.3 Å². The molecule has 2 heterocycles. The van der Waals surface area contributed by atoms with Gasteiger partial charge in [0.15, 0.2) is 11.5 Å². The fourth-order valence-electron chi connectivity index (χ4n) is 8.41. The molecular formula is C45H55N3O9. The predicted molar refractivity (Wildman–Crippen MR) is 217 cm³/mol. The lowest BCUT2D eigenvalue weighted by atomic mass is 9.71. The summed E-state index contributed by atoms with van der Waals surface area (Å²) in [6, 6.07) is 12.7. The molecule has 1 saturated carbocycles. The fourth-order valence-corrected chi connectivity index (χ4v) is 8.41. The maximum absolute atomic E-state index is 14.3. The number of nitrogens with zero attached hydrogens (tertiary/aromatic N) is 1. The molecule has 0 saturated heterocycles. The lowest BCUT2D eigenvalue weighted by Crippen LogP contribution is -2.41. The number of H-pyrrole nitrogens is 1. The van der Waals surface area contributed by atoms with Crippen LogP contribution in [0.3, 0.4) is 0 Å². The first-order valence-electron chi connectivity index (χ1n) is 20.0. The zero-order valence-electron chi connectivity index (χ0n) is 33.4. The monoisotopic (exact) mass is 781 g/mol. The van der Waals surface area contributed by atoms with Crippen LogP contribution < -0.4 is 19.5 Å². The molecule has 12 nitrogen and oxygen atoms in total. The summed E-state index contributed by atoms with van der Waals surface area (Å²) in [7, 11) is 4.45. The number of fused-ring (bicyclic) bond motifs is 2. The van der Waals surface area contributed by atoms with Gasteiger partial charge in [-0.3, -0.25) is 9.59 Å². The lowest BCUT2D eigenvalue weighted by Gasteiger charge is -2.37. The Balaban J connectivity index is 1.38. The predicted octanol–water partition coefficient (Wildman–Crippen LogP) is 8.31. The summed E-state index contributed by atoms with van der Waals surface area (Å²) in [5, 5.41) is 27.1. The van der Waals surface area contributed by atoms with Crippen molar-refractivity contribution in [2.45, 2.75) is 102 Å². The van der Waals surface area contributed by atoms with Crippen LogP contribution in [-0.2, 0) is 20.7 Å². The summed E-state index contributed by atoms with van der Waals surface area (Å²) in [5.41, 5.74) is 2.25. The number of carbonyl (C=O) groups excluding carboxylic acids is 3. The van der Waals surface area contributed by atoms with Gasteiger partial charge in [0.25, 0.3) is 0 Å². The van der Waals surface area contributed by atoms with Crippen LogP contribution in [0.1, 0.15) is 123 Å². The van der Waals surface area contributed by atoms with Crippen LogP contribution in [0, 0.1) is 5.41 Å². The van der Waals surface area contributed by atoms with E-state index in [-0.39, 0.29) is 46.0 Å². The largest absolute Gasteiger partial charge is 0.507 e. The van der Waals surface area contributed by atoms with E-state index in [1.165, 1.54) is 27.4 Å². The molecule has 57 heavy (non-hydrogen) atoms. The number of esters is 1. The average Bonchev–Trinajstić information content (AvgIpc) is 3.60. The van der Waals surface area contributed by atoms with Crippen molar-refractivity contribution in [3.05, 3.63) is 76.6 Å². The van der Waals surface area contributed by atoms with Gasteiger partial charge in [-0.25, -0.2) is 9.78 Å². The molecule has 1 aliphatic carbocycles. The number of phenolic OH excluding ortho intramolecular Hbond substituents is 2. The number of ether oxygens (including phenoxy) is 4. The number of methoxy groups -OCH3 is 3. The minimum atomic E-state index is -0.977. The van der Waals surface area contributed by atoms with Gasteiger partial charge in [0, 0.05) is 43.7 Å². The zero-order valence-corrected chi connectivity index (χ0v) is 33.4. The summed E-state index contributed by atoms with van der Waals surface area (Å²) in [4.78, 5) is 48.8. The Bertz CT molecular complexity index is 2040. The van der Waals surface area contributed by atoms with Crippen LogP contribution in [-0.4, -0.2) is 71.8 Å². The van der Waals surface area contributed by atoms with Crippen molar-refractivity contribution in [2.75, 3.05) is 27.9 Å². The number of aromatic hydroxyl groups is 2. The molecule has 1 amide bonds. The van der Waals surface area contributed by atoms with Crippen molar-refractivity contribution >= 4 is 34.8 Å². The van der Waals surface area contributed by atoms with E-state index in [9.17, 15) is 24.6 Å². The van der Waals surface area contributed by atoms with Crippen molar-refractivity contribution in [1.82, 2.24) is 15.3 Å². The zero-order chi connectivity index (χ0) is 40.5. The second kappa shape index (κ2) is 18.6. The summed E-state index contributed by atoms with van der Waals surface area (Å²) in [6.45, 7) is 2.16. The van der Waals surface area contributed by atoms with Gasteiger partial charge < -0.3 is 39.5 Å². The number of hydrogen-bond acceptors (Lipinski definition) is 10. The molecule has 4 aromatic rings. The van der Waals surface area contributed by atoms with Gasteiger partial charge in [0.1, 0.15) is 28.7 Å². The van der Waals surface area contributed by atoms with Gasteiger partial charge in [-0.05, 0) is 92.3 Å². The molecule has 0 radical (unpaired) electrons. The molecule has 0 bridgehead atoms. The summed E-state index contributed by atoms with van der Waals surface area (Å²) in [6.07, 6.45) is 11.6. The number of phenols is 2. The molecule has 1 aliphatic heterocycles. The number of cyclic esters (lactones) is 1. The molecule has 3 aromatic carbocycles. The number of para-hydroxylation sites is 2. The van der Waals surface area contributed by atoms with E-state index in [0.29, 0.717) is 74.3 Å². The Kier molecular flexibility index (Phi) is 13.4. The molecule has 1 aromatic heterocycles. The maximum atomic E-state index is 14.3. The van der Waals surface area contributed by atoms with Crippen molar-refractivity contribution in [3.63, 3.8) is 0 Å². The minimum absolute atomic E-state index is 0.0162. The summed E-state index contributed by atoms with van der Waals surface area (Å²) in [5.74, 6) is -0.856. The molecule has 0 spiro atoms. The Hall–Kier alpha value is -5.52. The molecule has 304 valence electrons. The number of benzene rings is 3.